The summed E-state index contributed by atoms with van der Waals surface area (Å²) in [4.78, 5) is 12.8. The van der Waals surface area contributed by atoms with Crippen molar-refractivity contribution in [2.45, 2.75) is 5.92 Å². The fourth-order valence-electron chi connectivity index (χ4n) is 1.69. The molecule has 1 fully saturated rings. The number of benzene rings is 1. The molecule has 74 valence electrons. The smallest absolute Gasteiger partial charge is 0.409 e. The van der Waals surface area contributed by atoms with Crippen LogP contribution in [0.25, 0.3) is 0 Å². The van der Waals surface area contributed by atoms with Crippen molar-refractivity contribution in [3.63, 3.8) is 0 Å². The lowest BCUT2D eigenvalue weighted by atomic mass is 9.92. The first-order valence-electron chi connectivity index (χ1n) is 4.69. The Hall–Kier alpha value is -1.51. The van der Waals surface area contributed by atoms with E-state index in [2.05, 4.69) is 16.9 Å². The molecule has 1 aromatic rings. The van der Waals surface area contributed by atoms with E-state index in [1.165, 1.54) is 12.7 Å². The van der Waals surface area contributed by atoms with Crippen molar-refractivity contribution < 1.29 is 9.53 Å². The average molecular weight is 191 g/mol. The Morgan fingerprint density at radius 1 is 1.36 bits per heavy atom. The first kappa shape index (κ1) is 9.06. The second kappa shape index (κ2) is 3.70. The number of hydrogen-bond donors (Lipinski definition) is 0. The SMILES string of the molecule is COC(=O)N1CC(c2ccccc2)C1. The van der Waals surface area contributed by atoms with Crippen molar-refractivity contribution in [2.75, 3.05) is 20.2 Å². The molecule has 1 aliphatic rings. The molecule has 0 bridgehead atoms. The summed E-state index contributed by atoms with van der Waals surface area (Å²) in [6.45, 7) is 1.55. The monoisotopic (exact) mass is 191 g/mol. The number of ether oxygens (including phenoxy) is 1. The molecule has 3 heteroatoms. The number of methoxy groups -OCH3 is 1. The normalized spacial score (nSPS) is 16.2. The molecule has 0 aromatic heterocycles. The van der Waals surface area contributed by atoms with E-state index in [0.29, 0.717) is 5.92 Å². The maximum atomic E-state index is 11.1. The van der Waals surface area contributed by atoms with Crippen LogP contribution in [0.5, 0.6) is 0 Å². The minimum absolute atomic E-state index is 0.225. The third-order valence-corrected chi connectivity index (χ3v) is 2.59. The number of nitrogens with zero attached hydrogens (tertiary/aromatic N) is 1. The fraction of sp³-hybridized carbons (Fsp3) is 0.364. The van der Waals surface area contributed by atoms with Crippen LogP contribution in [0, 0.1) is 0 Å². The molecule has 1 aliphatic heterocycles. The predicted molar refractivity (Wildman–Crippen MR) is 53.2 cm³/mol. The molecule has 0 atom stereocenters. The lowest BCUT2D eigenvalue weighted by Crippen LogP contribution is -2.48. The van der Waals surface area contributed by atoms with E-state index < -0.39 is 0 Å². The molecule has 0 aliphatic carbocycles. The number of carbonyl (C=O) groups is 1. The van der Waals surface area contributed by atoms with Crippen LogP contribution < -0.4 is 0 Å². The Morgan fingerprint density at radius 3 is 2.57 bits per heavy atom. The van der Waals surface area contributed by atoms with Crippen molar-refractivity contribution in [3.05, 3.63) is 35.9 Å². The summed E-state index contributed by atoms with van der Waals surface area (Å²) in [5.41, 5.74) is 1.30. The van der Waals surface area contributed by atoms with Gasteiger partial charge >= 0.3 is 6.09 Å². The first-order valence-corrected chi connectivity index (χ1v) is 4.69. The molecule has 1 saturated heterocycles. The predicted octanol–water partition coefficient (Wildman–Crippen LogP) is 1.85. The molecule has 1 amide bonds. The van der Waals surface area contributed by atoms with Gasteiger partial charge in [-0.1, -0.05) is 30.3 Å². The Labute approximate surface area is 83.3 Å². The molecule has 1 aromatic carbocycles. The van der Waals surface area contributed by atoms with Crippen LogP contribution in [0.3, 0.4) is 0 Å². The third kappa shape index (κ3) is 1.58. The van der Waals surface area contributed by atoms with E-state index >= 15 is 0 Å². The second-order valence-corrected chi connectivity index (χ2v) is 3.48. The molecule has 1 heterocycles. The highest BCUT2D eigenvalue weighted by molar-refractivity contribution is 5.68. The standard InChI is InChI=1S/C11H13NO2/c1-14-11(13)12-7-10(8-12)9-5-3-2-4-6-9/h2-6,10H,7-8H2,1H3. The summed E-state index contributed by atoms with van der Waals surface area (Å²) in [6.07, 6.45) is -0.225. The van der Waals surface area contributed by atoms with Crippen molar-refractivity contribution in [3.8, 4) is 0 Å². The van der Waals surface area contributed by atoms with E-state index in [1.54, 1.807) is 4.90 Å². The third-order valence-electron chi connectivity index (χ3n) is 2.59. The lowest BCUT2D eigenvalue weighted by Gasteiger charge is -2.38. The lowest BCUT2D eigenvalue weighted by molar-refractivity contribution is 0.0881. The number of hydrogen-bond acceptors (Lipinski definition) is 2. The van der Waals surface area contributed by atoms with Gasteiger partial charge < -0.3 is 9.64 Å². The summed E-state index contributed by atoms with van der Waals surface area (Å²) in [5, 5.41) is 0. The summed E-state index contributed by atoms with van der Waals surface area (Å²) in [5.74, 6) is 0.482. The molecule has 0 N–H and O–H groups in total. The maximum Gasteiger partial charge on any atom is 0.409 e. The zero-order chi connectivity index (χ0) is 9.97. The van der Waals surface area contributed by atoms with Crippen LogP contribution in [0.2, 0.25) is 0 Å². The van der Waals surface area contributed by atoms with E-state index in [9.17, 15) is 4.79 Å². The van der Waals surface area contributed by atoms with Gasteiger partial charge in [-0.05, 0) is 5.56 Å². The van der Waals surface area contributed by atoms with Crippen LogP contribution in [0.4, 0.5) is 4.79 Å². The minimum Gasteiger partial charge on any atom is -0.453 e. The Bertz CT molecular complexity index is 317. The number of likely N-dealkylation sites (tertiary alicyclic amines) is 1. The van der Waals surface area contributed by atoms with Gasteiger partial charge in [0.05, 0.1) is 7.11 Å². The molecule has 0 saturated carbocycles. The molecule has 0 spiro atoms. The van der Waals surface area contributed by atoms with Gasteiger partial charge in [0, 0.05) is 19.0 Å². The zero-order valence-corrected chi connectivity index (χ0v) is 8.14. The van der Waals surface area contributed by atoms with Gasteiger partial charge in [0.1, 0.15) is 0 Å². The molecule has 0 radical (unpaired) electrons. The maximum absolute atomic E-state index is 11.1. The van der Waals surface area contributed by atoms with Crippen LogP contribution in [0.1, 0.15) is 11.5 Å². The Balaban J connectivity index is 1.92. The minimum atomic E-state index is -0.225. The van der Waals surface area contributed by atoms with Gasteiger partial charge in [-0.25, -0.2) is 4.79 Å². The second-order valence-electron chi connectivity index (χ2n) is 3.48. The number of amides is 1. The highest BCUT2D eigenvalue weighted by Crippen LogP contribution is 2.26. The molecule has 14 heavy (non-hydrogen) atoms. The van der Waals surface area contributed by atoms with E-state index in [0.717, 1.165) is 13.1 Å². The quantitative estimate of drug-likeness (QED) is 0.678. The van der Waals surface area contributed by atoms with Crippen molar-refractivity contribution in [1.29, 1.82) is 0 Å². The topological polar surface area (TPSA) is 29.5 Å². The molecular formula is C11H13NO2. The van der Waals surface area contributed by atoms with E-state index in [1.807, 2.05) is 18.2 Å². The van der Waals surface area contributed by atoms with Crippen LogP contribution in [-0.4, -0.2) is 31.2 Å². The van der Waals surface area contributed by atoms with Gasteiger partial charge in [-0.3, -0.25) is 0 Å². The highest BCUT2D eigenvalue weighted by Gasteiger charge is 2.31. The number of carbonyl (C=O) groups excluding carboxylic acids is 1. The number of rotatable bonds is 1. The fourth-order valence-corrected chi connectivity index (χ4v) is 1.69. The van der Waals surface area contributed by atoms with Crippen LogP contribution in [0.15, 0.2) is 30.3 Å². The summed E-state index contributed by atoms with van der Waals surface area (Å²) >= 11 is 0. The largest absolute Gasteiger partial charge is 0.453 e. The molecule has 3 nitrogen and oxygen atoms in total. The van der Waals surface area contributed by atoms with Gasteiger partial charge in [-0.2, -0.15) is 0 Å². The van der Waals surface area contributed by atoms with Crippen LogP contribution >= 0.6 is 0 Å². The summed E-state index contributed by atoms with van der Waals surface area (Å²) < 4.78 is 4.63. The van der Waals surface area contributed by atoms with E-state index in [-0.39, 0.29) is 6.09 Å². The Kier molecular flexibility index (Phi) is 2.39. The van der Waals surface area contributed by atoms with Gasteiger partial charge in [0.25, 0.3) is 0 Å². The van der Waals surface area contributed by atoms with Gasteiger partial charge in [0.15, 0.2) is 0 Å². The Morgan fingerprint density at radius 2 is 2.00 bits per heavy atom. The first-order chi connectivity index (χ1) is 6.81. The van der Waals surface area contributed by atoms with Crippen molar-refractivity contribution >= 4 is 6.09 Å². The average Bonchev–Trinajstić information content (AvgIpc) is 2.17. The van der Waals surface area contributed by atoms with E-state index in [4.69, 9.17) is 0 Å². The van der Waals surface area contributed by atoms with Crippen LogP contribution in [-0.2, 0) is 4.74 Å². The van der Waals surface area contributed by atoms with Gasteiger partial charge in [-0.15, -0.1) is 0 Å². The van der Waals surface area contributed by atoms with Crippen molar-refractivity contribution in [1.82, 2.24) is 4.90 Å². The molecular weight excluding hydrogens is 178 g/mol. The van der Waals surface area contributed by atoms with Gasteiger partial charge in [0.2, 0.25) is 0 Å². The molecule has 0 unspecified atom stereocenters. The highest BCUT2D eigenvalue weighted by atomic mass is 16.5. The molecule has 2 rings (SSSR count). The van der Waals surface area contributed by atoms with Crippen molar-refractivity contribution in [2.24, 2.45) is 0 Å². The summed E-state index contributed by atoms with van der Waals surface area (Å²) in [6, 6.07) is 10.2. The summed E-state index contributed by atoms with van der Waals surface area (Å²) in [7, 11) is 1.41. The zero-order valence-electron chi connectivity index (χ0n) is 8.14.